The minimum absolute atomic E-state index is 0.00351. The monoisotopic (exact) mass is 499 g/mol. The van der Waals surface area contributed by atoms with E-state index in [4.69, 9.17) is 9.47 Å². The molecule has 0 spiro atoms. The van der Waals surface area contributed by atoms with Crippen molar-refractivity contribution in [1.82, 2.24) is 15.1 Å². The Morgan fingerprint density at radius 3 is 2.59 bits per heavy atom. The maximum atomic E-state index is 13.1. The van der Waals surface area contributed by atoms with Crippen molar-refractivity contribution in [3.05, 3.63) is 52.6 Å². The number of piperidine rings is 1. The van der Waals surface area contributed by atoms with Crippen molar-refractivity contribution < 1.29 is 28.7 Å². The van der Waals surface area contributed by atoms with Gasteiger partial charge in [0.1, 0.15) is 48.5 Å². The zero-order valence-corrected chi connectivity index (χ0v) is 21.3. The van der Waals surface area contributed by atoms with Gasteiger partial charge < -0.3 is 19.3 Å². The fourth-order valence-electron chi connectivity index (χ4n) is 5.76. The molecule has 2 saturated heterocycles. The zero-order valence-electron chi connectivity index (χ0n) is 21.3. The summed E-state index contributed by atoms with van der Waals surface area (Å²) in [6.07, 6.45) is 0.535. The number of morpholine rings is 1. The van der Waals surface area contributed by atoms with Crippen LogP contribution in [0.15, 0.2) is 30.3 Å². The van der Waals surface area contributed by atoms with Gasteiger partial charge in [0, 0.05) is 30.0 Å². The van der Waals surface area contributed by atoms with E-state index in [2.05, 4.69) is 17.4 Å². The third-order valence-electron chi connectivity index (χ3n) is 7.49. The Kier molecular flexibility index (Phi) is 6.85. The molecule has 0 saturated carbocycles. The summed E-state index contributed by atoms with van der Waals surface area (Å²) in [5.74, 6) is -0.405. The lowest BCUT2D eigenvalue weighted by atomic mass is 9.71. The standard InChI is InChI=1S/C25H28B3N3O6/c26-16-8-13(9-17(27)22(16)23(28)30-6-7-36-12-21(30)33)11-37-19-3-1-2-14-15(19)10-31(25(14)35)18-4-5-20(32)29-24(18)34/h1-3,8-9,18,23H,4-7,10-12,26-28H2,(H,29,32,34). The van der Waals surface area contributed by atoms with E-state index < -0.39 is 11.9 Å². The van der Waals surface area contributed by atoms with Crippen LogP contribution in [0, 0.1) is 0 Å². The molecule has 2 aromatic rings. The van der Waals surface area contributed by atoms with E-state index in [1.54, 1.807) is 12.1 Å². The number of hydrogen-bond acceptors (Lipinski definition) is 6. The first-order chi connectivity index (χ1) is 17.7. The molecule has 2 aromatic carbocycles. The molecule has 4 amide bonds. The number of nitrogens with zero attached hydrogens (tertiary/aromatic N) is 2. The van der Waals surface area contributed by atoms with Crippen molar-refractivity contribution in [3.8, 4) is 5.75 Å². The second-order valence-electron chi connectivity index (χ2n) is 9.93. The highest BCUT2D eigenvalue weighted by Crippen LogP contribution is 2.34. The molecule has 0 aliphatic carbocycles. The first-order valence-electron chi connectivity index (χ1n) is 12.6. The van der Waals surface area contributed by atoms with Gasteiger partial charge in [-0.1, -0.05) is 29.1 Å². The second-order valence-corrected chi connectivity index (χ2v) is 9.93. The lowest BCUT2D eigenvalue weighted by Gasteiger charge is -2.35. The van der Waals surface area contributed by atoms with E-state index in [9.17, 15) is 19.2 Å². The van der Waals surface area contributed by atoms with Crippen molar-refractivity contribution in [2.75, 3.05) is 19.8 Å². The Hall–Kier alpha value is -3.53. The van der Waals surface area contributed by atoms with Crippen LogP contribution in [0.3, 0.4) is 0 Å². The van der Waals surface area contributed by atoms with Crippen LogP contribution >= 0.6 is 0 Å². The zero-order chi connectivity index (χ0) is 26.3. The van der Waals surface area contributed by atoms with E-state index >= 15 is 0 Å². The number of carbonyl (C=O) groups is 4. The fraction of sp³-hybridized carbons (Fsp3) is 0.360. The lowest BCUT2D eigenvalue weighted by Crippen LogP contribution is -2.52. The third kappa shape index (κ3) is 4.77. The van der Waals surface area contributed by atoms with Gasteiger partial charge in [-0.3, -0.25) is 24.5 Å². The molecule has 37 heavy (non-hydrogen) atoms. The molecule has 2 atom stereocenters. The van der Waals surface area contributed by atoms with Crippen molar-refractivity contribution in [1.29, 1.82) is 0 Å². The summed E-state index contributed by atoms with van der Waals surface area (Å²) in [6, 6.07) is 8.85. The minimum atomic E-state index is -0.663. The quantitative estimate of drug-likeness (QED) is 0.337. The first-order valence-corrected chi connectivity index (χ1v) is 12.6. The van der Waals surface area contributed by atoms with Gasteiger partial charge in [0.05, 0.1) is 13.2 Å². The van der Waals surface area contributed by atoms with Crippen molar-refractivity contribution in [2.24, 2.45) is 0 Å². The summed E-state index contributed by atoms with van der Waals surface area (Å²) in [4.78, 5) is 52.7. The highest BCUT2D eigenvalue weighted by Gasteiger charge is 2.40. The Bertz CT molecular complexity index is 1280. The molecule has 188 valence electrons. The Labute approximate surface area is 218 Å². The van der Waals surface area contributed by atoms with Crippen LogP contribution in [0.1, 0.15) is 45.8 Å². The van der Waals surface area contributed by atoms with Crippen LogP contribution < -0.4 is 21.0 Å². The fourth-order valence-corrected chi connectivity index (χ4v) is 5.76. The molecular formula is C25H28B3N3O6. The molecule has 2 fully saturated rings. The number of imide groups is 1. The molecule has 1 N–H and O–H groups in total. The second kappa shape index (κ2) is 10.1. The first kappa shape index (κ1) is 25.1. The van der Waals surface area contributed by atoms with Crippen molar-refractivity contribution >= 4 is 58.1 Å². The largest absolute Gasteiger partial charge is 0.489 e. The van der Waals surface area contributed by atoms with Crippen LogP contribution in [0.25, 0.3) is 0 Å². The average molecular weight is 499 g/mol. The van der Waals surface area contributed by atoms with E-state index in [0.717, 1.165) is 27.6 Å². The van der Waals surface area contributed by atoms with Gasteiger partial charge in [-0.2, -0.15) is 0 Å². The van der Waals surface area contributed by atoms with E-state index in [-0.39, 0.29) is 43.2 Å². The predicted molar refractivity (Wildman–Crippen MR) is 143 cm³/mol. The number of rotatable bonds is 6. The smallest absolute Gasteiger partial charge is 0.255 e. The molecule has 2 unspecified atom stereocenters. The average Bonchev–Trinajstić information content (AvgIpc) is 3.19. The van der Waals surface area contributed by atoms with Crippen molar-refractivity contribution in [3.63, 3.8) is 0 Å². The Morgan fingerprint density at radius 1 is 1.14 bits per heavy atom. The van der Waals surface area contributed by atoms with Crippen LogP contribution in [0.2, 0.25) is 0 Å². The van der Waals surface area contributed by atoms with Crippen molar-refractivity contribution in [2.45, 2.75) is 38.0 Å². The molecule has 0 bridgehead atoms. The van der Waals surface area contributed by atoms with Gasteiger partial charge in [-0.25, -0.2) is 0 Å². The predicted octanol–water partition coefficient (Wildman–Crippen LogP) is -2.97. The number of carbonyl (C=O) groups excluding carboxylic acids is 4. The molecular weight excluding hydrogens is 471 g/mol. The number of nitrogens with one attached hydrogen (secondary N) is 1. The number of amides is 4. The molecule has 0 radical (unpaired) electrons. The topological polar surface area (TPSA) is 105 Å². The van der Waals surface area contributed by atoms with Crippen LogP contribution in [0.4, 0.5) is 0 Å². The summed E-state index contributed by atoms with van der Waals surface area (Å²) >= 11 is 0. The van der Waals surface area contributed by atoms with Gasteiger partial charge in [-0.15, -0.1) is 0 Å². The molecule has 5 rings (SSSR count). The minimum Gasteiger partial charge on any atom is -0.489 e. The molecule has 3 aliphatic heterocycles. The van der Waals surface area contributed by atoms with E-state index in [1.807, 2.05) is 34.5 Å². The molecule has 12 heteroatoms. The number of benzene rings is 2. The van der Waals surface area contributed by atoms with Gasteiger partial charge in [0.2, 0.25) is 17.7 Å². The van der Waals surface area contributed by atoms with E-state index in [0.29, 0.717) is 37.5 Å². The summed E-state index contributed by atoms with van der Waals surface area (Å²) in [7, 11) is 6.14. The highest BCUT2D eigenvalue weighted by atomic mass is 16.5. The number of hydrogen-bond donors (Lipinski definition) is 1. The van der Waals surface area contributed by atoms with Crippen LogP contribution in [-0.2, 0) is 32.3 Å². The SMILES string of the molecule is Bc1cc(COc2cccc3c2CN(C2CCC(=O)NC2=O)C3=O)cc(B)c1C(B)N1CCOCC1=O. The summed E-state index contributed by atoms with van der Waals surface area (Å²) in [5.41, 5.74) is 5.56. The molecule has 9 nitrogen and oxygen atoms in total. The van der Waals surface area contributed by atoms with Gasteiger partial charge >= 0.3 is 0 Å². The number of fused-ring (bicyclic) bond motifs is 1. The van der Waals surface area contributed by atoms with Gasteiger partial charge in [-0.05, 0) is 29.7 Å². The Balaban J connectivity index is 1.31. The summed E-state index contributed by atoms with van der Waals surface area (Å²) < 4.78 is 11.5. The summed E-state index contributed by atoms with van der Waals surface area (Å²) in [6.45, 7) is 1.83. The highest BCUT2D eigenvalue weighted by molar-refractivity contribution is 6.41. The third-order valence-corrected chi connectivity index (χ3v) is 7.49. The van der Waals surface area contributed by atoms with Crippen LogP contribution in [-0.4, -0.2) is 82.8 Å². The molecule has 3 aliphatic rings. The normalized spacial score (nSPS) is 20.6. The van der Waals surface area contributed by atoms with E-state index in [1.165, 1.54) is 4.90 Å². The van der Waals surface area contributed by atoms with Gasteiger partial charge in [0.25, 0.3) is 5.91 Å². The number of ether oxygens (including phenoxy) is 2. The Morgan fingerprint density at radius 2 is 1.89 bits per heavy atom. The lowest BCUT2D eigenvalue weighted by molar-refractivity contribution is -0.143. The maximum absolute atomic E-state index is 13.1. The van der Waals surface area contributed by atoms with Gasteiger partial charge in [0.15, 0.2) is 0 Å². The maximum Gasteiger partial charge on any atom is 0.255 e. The molecule has 0 aromatic heterocycles. The summed E-state index contributed by atoms with van der Waals surface area (Å²) in [5, 5.41) is 2.33. The molecule has 3 heterocycles. The van der Waals surface area contributed by atoms with Crippen LogP contribution in [0.5, 0.6) is 5.75 Å².